The van der Waals surface area contributed by atoms with Crippen LogP contribution >= 0.6 is 0 Å². The highest BCUT2D eigenvalue weighted by Gasteiger charge is 2.49. The van der Waals surface area contributed by atoms with E-state index in [0.29, 0.717) is 38.4 Å². The molecule has 40 heavy (non-hydrogen) atoms. The zero-order chi connectivity index (χ0) is 28.9. The Balaban J connectivity index is 1.50. The molecule has 3 amide bonds. The topological polar surface area (TPSA) is 103 Å². The van der Waals surface area contributed by atoms with Crippen LogP contribution in [0.25, 0.3) is 0 Å². The van der Waals surface area contributed by atoms with Crippen molar-refractivity contribution < 1.29 is 18.8 Å². The maximum atomic E-state index is 13.9. The molecular formula is C31H48FN5O3. The third kappa shape index (κ3) is 7.60. The first-order valence-corrected chi connectivity index (χ1v) is 15.1. The van der Waals surface area contributed by atoms with E-state index in [1.165, 1.54) is 18.6 Å². The third-order valence-corrected chi connectivity index (χ3v) is 8.86. The summed E-state index contributed by atoms with van der Waals surface area (Å²) in [7, 11) is 0. The number of carbonyl (C=O) groups excluding carboxylic acids is 3. The van der Waals surface area contributed by atoms with Crippen molar-refractivity contribution in [3.63, 3.8) is 0 Å². The first-order chi connectivity index (χ1) is 19.0. The van der Waals surface area contributed by atoms with E-state index in [2.05, 4.69) is 21.3 Å². The fourth-order valence-corrected chi connectivity index (χ4v) is 6.69. The molecule has 3 unspecified atom stereocenters. The van der Waals surface area contributed by atoms with Gasteiger partial charge < -0.3 is 26.2 Å². The molecular weight excluding hydrogens is 509 g/mol. The average molecular weight is 558 g/mol. The van der Waals surface area contributed by atoms with E-state index >= 15 is 0 Å². The van der Waals surface area contributed by atoms with Crippen LogP contribution in [0.2, 0.25) is 0 Å². The van der Waals surface area contributed by atoms with Gasteiger partial charge in [-0.15, -0.1) is 0 Å². The van der Waals surface area contributed by atoms with Crippen molar-refractivity contribution in [2.45, 2.75) is 103 Å². The van der Waals surface area contributed by atoms with E-state index in [1.807, 2.05) is 32.6 Å². The number of benzene rings is 1. The van der Waals surface area contributed by atoms with Gasteiger partial charge in [-0.25, -0.2) is 4.39 Å². The molecule has 9 heteroatoms. The first-order valence-electron chi connectivity index (χ1n) is 15.1. The van der Waals surface area contributed by atoms with E-state index in [1.54, 1.807) is 12.1 Å². The third-order valence-electron chi connectivity index (χ3n) is 8.86. The lowest BCUT2D eigenvalue weighted by Gasteiger charge is -2.48. The number of likely N-dealkylation sites (tertiary alicyclic amines) is 1. The molecule has 2 heterocycles. The molecule has 4 N–H and O–H groups in total. The Morgan fingerprint density at radius 2 is 1.70 bits per heavy atom. The van der Waals surface area contributed by atoms with Gasteiger partial charge in [0.05, 0.1) is 11.5 Å². The van der Waals surface area contributed by atoms with Gasteiger partial charge in [-0.1, -0.05) is 31.4 Å². The van der Waals surface area contributed by atoms with Crippen LogP contribution in [0.3, 0.4) is 0 Å². The molecule has 0 spiro atoms. The molecule has 4 rings (SSSR count). The number of amides is 3. The minimum Gasteiger partial charge on any atom is -0.351 e. The normalized spacial score (nSPS) is 24.7. The smallest absolute Gasteiger partial charge is 0.245 e. The van der Waals surface area contributed by atoms with Gasteiger partial charge in [0.2, 0.25) is 17.7 Å². The summed E-state index contributed by atoms with van der Waals surface area (Å²) < 4.78 is 13.6. The zero-order valence-corrected chi connectivity index (χ0v) is 24.7. The lowest BCUT2D eigenvalue weighted by molar-refractivity contribution is -0.147. The summed E-state index contributed by atoms with van der Waals surface area (Å²) in [5.41, 5.74) is -0.0229. The van der Waals surface area contributed by atoms with E-state index in [4.69, 9.17) is 0 Å². The Hall–Kier alpha value is -2.52. The molecule has 0 bridgehead atoms. The number of nitrogens with zero attached hydrogens (tertiary/aromatic N) is 1. The van der Waals surface area contributed by atoms with Gasteiger partial charge in [0.15, 0.2) is 0 Å². The van der Waals surface area contributed by atoms with Crippen molar-refractivity contribution in [2.75, 3.05) is 26.2 Å². The zero-order valence-electron chi connectivity index (χ0n) is 24.7. The van der Waals surface area contributed by atoms with E-state index in [-0.39, 0.29) is 41.5 Å². The Kier molecular flexibility index (Phi) is 9.88. The Morgan fingerprint density at radius 1 is 1.05 bits per heavy atom. The Labute approximate surface area is 238 Å². The maximum absolute atomic E-state index is 13.9. The summed E-state index contributed by atoms with van der Waals surface area (Å²) in [6.07, 6.45) is 7.12. The summed E-state index contributed by atoms with van der Waals surface area (Å²) in [6.45, 7) is 10.3. The minimum absolute atomic E-state index is 0.111. The largest absolute Gasteiger partial charge is 0.351 e. The number of hydrogen-bond donors (Lipinski definition) is 4. The molecule has 2 aliphatic heterocycles. The summed E-state index contributed by atoms with van der Waals surface area (Å²) >= 11 is 0. The number of piperidine rings is 1. The van der Waals surface area contributed by atoms with Crippen molar-refractivity contribution in [1.82, 2.24) is 26.2 Å². The Morgan fingerprint density at radius 3 is 2.30 bits per heavy atom. The molecule has 0 radical (unpaired) electrons. The van der Waals surface area contributed by atoms with E-state index in [9.17, 15) is 18.8 Å². The van der Waals surface area contributed by atoms with Crippen LogP contribution in [0, 0.1) is 17.2 Å². The number of halogens is 1. The van der Waals surface area contributed by atoms with Gasteiger partial charge in [-0.2, -0.15) is 0 Å². The number of nitrogens with one attached hydrogen (secondary N) is 4. The predicted octanol–water partition coefficient (Wildman–Crippen LogP) is 2.91. The van der Waals surface area contributed by atoms with E-state index in [0.717, 1.165) is 37.8 Å². The number of piperazine rings is 1. The molecule has 2 saturated heterocycles. The predicted molar refractivity (Wildman–Crippen MR) is 154 cm³/mol. The lowest BCUT2D eigenvalue weighted by atomic mass is 9.63. The van der Waals surface area contributed by atoms with Crippen LogP contribution in [0.15, 0.2) is 24.3 Å². The van der Waals surface area contributed by atoms with Crippen molar-refractivity contribution in [1.29, 1.82) is 0 Å². The van der Waals surface area contributed by atoms with E-state index < -0.39 is 17.5 Å². The van der Waals surface area contributed by atoms with Gasteiger partial charge in [-0.05, 0) is 77.0 Å². The van der Waals surface area contributed by atoms with Crippen LogP contribution < -0.4 is 21.3 Å². The molecule has 1 aromatic rings. The fourth-order valence-electron chi connectivity index (χ4n) is 6.69. The number of rotatable bonds is 7. The summed E-state index contributed by atoms with van der Waals surface area (Å²) in [5.74, 6) is -0.283. The average Bonchev–Trinajstić information content (AvgIpc) is 2.93. The molecule has 1 aliphatic carbocycles. The highest BCUT2D eigenvalue weighted by atomic mass is 19.1. The quantitative estimate of drug-likeness (QED) is 0.413. The molecule has 3 fully saturated rings. The molecule has 8 nitrogen and oxygen atoms in total. The summed E-state index contributed by atoms with van der Waals surface area (Å²) in [6, 6.07) is 5.00. The van der Waals surface area contributed by atoms with Gasteiger partial charge in [0.25, 0.3) is 0 Å². The second kappa shape index (κ2) is 13.0. The van der Waals surface area contributed by atoms with Crippen LogP contribution in [0.1, 0.15) is 78.2 Å². The number of hydrogen-bond acceptors (Lipinski definition) is 5. The van der Waals surface area contributed by atoms with Crippen molar-refractivity contribution in [3.05, 3.63) is 35.6 Å². The summed E-state index contributed by atoms with van der Waals surface area (Å²) in [5, 5.41) is 12.8. The highest BCUT2D eigenvalue weighted by molar-refractivity contribution is 5.90. The van der Waals surface area contributed by atoms with Crippen LogP contribution in [-0.2, 0) is 20.8 Å². The first kappa shape index (κ1) is 30.4. The molecule has 222 valence electrons. The molecule has 1 saturated carbocycles. The van der Waals surface area contributed by atoms with Gasteiger partial charge in [0.1, 0.15) is 11.9 Å². The second-order valence-corrected chi connectivity index (χ2v) is 13.2. The van der Waals surface area contributed by atoms with Crippen molar-refractivity contribution in [3.8, 4) is 0 Å². The maximum Gasteiger partial charge on any atom is 0.245 e. The van der Waals surface area contributed by atoms with Gasteiger partial charge >= 0.3 is 0 Å². The summed E-state index contributed by atoms with van der Waals surface area (Å²) in [4.78, 5) is 42.7. The lowest BCUT2D eigenvalue weighted by Crippen LogP contribution is -2.63. The van der Waals surface area contributed by atoms with Crippen LogP contribution in [-0.4, -0.2) is 72.5 Å². The molecule has 3 aliphatic rings. The van der Waals surface area contributed by atoms with Gasteiger partial charge in [0, 0.05) is 44.2 Å². The Bertz CT molecular complexity index is 1030. The number of carbonyl (C=O) groups is 3. The van der Waals surface area contributed by atoms with Crippen LogP contribution in [0.5, 0.6) is 0 Å². The molecule has 3 atom stereocenters. The SMILES string of the molecule is CC1CNCC(C(=O)NC(Cc2ccc(F)cc2)C(=O)N2CCC(C(=O)NC(C)(C)C)(C3CCCCC3)CC2)N1. The van der Waals surface area contributed by atoms with Crippen molar-refractivity contribution in [2.24, 2.45) is 11.3 Å². The fraction of sp³-hybridized carbons (Fsp3) is 0.710. The second-order valence-electron chi connectivity index (χ2n) is 13.2. The van der Waals surface area contributed by atoms with Gasteiger partial charge in [-0.3, -0.25) is 14.4 Å². The molecule has 0 aromatic heterocycles. The standard InChI is InChI=1S/C31H48FN5O3/c1-21-19-33-20-26(34-21)27(38)35-25(18-22-10-12-24(32)13-11-22)28(39)37-16-14-31(15-17-37,23-8-6-5-7-9-23)29(40)36-30(2,3)4/h10-13,21,23,25-26,33-34H,5-9,14-20H2,1-4H3,(H,35,38)(H,36,40). The monoisotopic (exact) mass is 557 g/mol. The van der Waals surface area contributed by atoms with Crippen molar-refractivity contribution >= 4 is 17.7 Å². The molecule has 1 aromatic carbocycles. The highest BCUT2D eigenvalue weighted by Crippen LogP contribution is 2.46. The minimum atomic E-state index is -0.775. The van der Waals surface area contributed by atoms with Crippen LogP contribution in [0.4, 0.5) is 4.39 Å².